The quantitative estimate of drug-likeness (QED) is 0.814. The Morgan fingerprint density at radius 3 is 2.94 bits per heavy atom. The maximum Gasteiger partial charge on any atom is 0.166 e. The van der Waals surface area contributed by atoms with E-state index in [0.29, 0.717) is 6.04 Å². The van der Waals surface area contributed by atoms with Crippen LogP contribution in [-0.4, -0.2) is 16.1 Å². The van der Waals surface area contributed by atoms with Gasteiger partial charge >= 0.3 is 0 Å². The van der Waals surface area contributed by atoms with Crippen molar-refractivity contribution in [2.24, 2.45) is 0 Å². The lowest BCUT2D eigenvalue weighted by Gasteiger charge is -2.24. The highest BCUT2D eigenvalue weighted by Gasteiger charge is 2.13. The lowest BCUT2D eigenvalue weighted by atomic mass is 9.96. The van der Waals surface area contributed by atoms with Crippen LogP contribution in [0.1, 0.15) is 37.0 Å². The van der Waals surface area contributed by atoms with Gasteiger partial charge in [0.25, 0.3) is 0 Å². The third-order valence-electron chi connectivity index (χ3n) is 2.85. The van der Waals surface area contributed by atoms with Crippen molar-refractivity contribution in [1.82, 2.24) is 15.6 Å². The highest BCUT2D eigenvalue weighted by atomic mass is 32.1. The van der Waals surface area contributed by atoms with E-state index in [1.165, 1.54) is 37.0 Å². The molecule has 0 bridgehead atoms. The first-order valence-electron chi connectivity index (χ1n) is 5.76. The molecule has 2 N–H and O–H groups in total. The van der Waals surface area contributed by atoms with Crippen molar-refractivity contribution in [3.05, 3.63) is 16.6 Å². The fourth-order valence-corrected chi connectivity index (χ4v) is 2.75. The van der Waals surface area contributed by atoms with E-state index >= 15 is 0 Å². The molecule has 5 heteroatoms. The van der Waals surface area contributed by atoms with Crippen LogP contribution in [-0.2, 0) is 6.54 Å². The van der Waals surface area contributed by atoms with Gasteiger partial charge in [-0.2, -0.15) is 0 Å². The number of rotatable bonds is 3. The normalized spacial score (nSPS) is 17.0. The van der Waals surface area contributed by atoms with Crippen LogP contribution in [0.2, 0.25) is 0 Å². The fraction of sp³-hybridized carbons (Fsp3) is 0.636. The Balaban J connectivity index is 1.67. The van der Waals surface area contributed by atoms with Gasteiger partial charge in [-0.15, -0.1) is 11.3 Å². The van der Waals surface area contributed by atoms with Crippen LogP contribution in [0.25, 0.3) is 0 Å². The Kier molecular flexibility index (Phi) is 4.54. The van der Waals surface area contributed by atoms with Gasteiger partial charge in [-0.3, -0.25) is 4.98 Å². The molecule has 0 radical (unpaired) electrons. The molecule has 0 unspecified atom stereocenters. The maximum atomic E-state index is 5.27. The van der Waals surface area contributed by atoms with E-state index in [9.17, 15) is 0 Å². The SMILES string of the molecule is S=C(NCc1cncs1)NC1CCCCC1. The van der Waals surface area contributed by atoms with Gasteiger partial charge in [-0.05, 0) is 25.1 Å². The molecule has 1 fully saturated rings. The standard InChI is InChI=1S/C11H17N3S2/c15-11(13-7-10-6-12-8-16-10)14-9-4-2-1-3-5-9/h6,8-9H,1-5,7H2,(H2,13,14,15). The van der Waals surface area contributed by atoms with Gasteiger partial charge in [0.15, 0.2) is 5.11 Å². The smallest absolute Gasteiger partial charge is 0.166 e. The second kappa shape index (κ2) is 6.15. The summed E-state index contributed by atoms with van der Waals surface area (Å²) >= 11 is 6.92. The summed E-state index contributed by atoms with van der Waals surface area (Å²) < 4.78 is 0. The summed E-state index contributed by atoms with van der Waals surface area (Å²) in [5.41, 5.74) is 1.84. The van der Waals surface area contributed by atoms with E-state index in [0.717, 1.165) is 11.7 Å². The average molecular weight is 255 g/mol. The highest BCUT2D eigenvalue weighted by molar-refractivity contribution is 7.80. The minimum atomic E-state index is 0.579. The molecule has 1 aliphatic carbocycles. The Morgan fingerprint density at radius 1 is 1.44 bits per heavy atom. The van der Waals surface area contributed by atoms with Crippen LogP contribution in [0.15, 0.2) is 11.7 Å². The first-order valence-corrected chi connectivity index (χ1v) is 7.05. The zero-order valence-electron chi connectivity index (χ0n) is 9.24. The molecule has 1 aromatic heterocycles. The number of aromatic nitrogens is 1. The Labute approximate surface area is 106 Å². The molecule has 0 aliphatic heterocycles. The molecule has 0 atom stereocenters. The molecule has 0 aromatic carbocycles. The van der Waals surface area contributed by atoms with Crippen LogP contribution in [0, 0.1) is 0 Å². The molecule has 0 spiro atoms. The summed E-state index contributed by atoms with van der Waals surface area (Å²) in [6.45, 7) is 0.781. The molecule has 1 heterocycles. The maximum absolute atomic E-state index is 5.27. The lowest BCUT2D eigenvalue weighted by molar-refractivity contribution is 0.412. The summed E-state index contributed by atoms with van der Waals surface area (Å²) in [6, 6.07) is 0.579. The predicted molar refractivity (Wildman–Crippen MR) is 71.6 cm³/mol. The van der Waals surface area contributed by atoms with Crippen LogP contribution >= 0.6 is 23.6 Å². The van der Waals surface area contributed by atoms with Crippen LogP contribution in [0.4, 0.5) is 0 Å². The van der Waals surface area contributed by atoms with E-state index in [1.807, 2.05) is 11.7 Å². The second-order valence-electron chi connectivity index (χ2n) is 4.13. The molecule has 0 saturated heterocycles. The average Bonchev–Trinajstić information content (AvgIpc) is 2.81. The summed E-state index contributed by atoms with van der Waals surface area (Å²) in [7, 11) is 0. The second-order valence-corrected chi connectivity index (χ2v) is 5.51. The van der Waals surface area contributed by atoms with E-state index in [-0.39, 0.29) is 0 Å². The van der Waals surface area contributed by atoms with Gasteiger partial charge < -0.3 is 10.6 Å². The minimum absolute atomic E-state index is 0.579. The molecule has 88 valence electrons. The topological polar surface area (TPSA) is 37.0 Å². The van der Waals surface area contributed by atoms with E-state index < -0.39 is 0 Å². The van der Waals surface area contributed by atoms with E-state index in [4.69, 9.17) is 12.2 Å². The number of thiazole rings is 1. The van der Waals surface area contributed by atoms with Crippen LogP contribution in [0.5, 0.6) is 0 Å². The summed E-state index contributed by atoms with van der Waals surface area (Å²) in [5.74, 6) is 0. The van der Waals surface area contributed by atoms with Crippen LogP contribution < -0.4 is 10.6 Å². The van der Waals surface area contributed by atoms with Gasteiger partial charge in [0.2, 0.25) is 0 Å². The Morgan fingerprint density at radius 2 is 2.25 bits per heavy atom. The van der Waals surface area contributed by atoms with Crippen molar-refractivity contribution < 1.29 is 0 Å². The molecular formula is C11H17N3S2. The zero-order chi connectivity index (χ0) is 11.2. The first-order chi connectivity index (χ1) is 7.84. The minimum Gasteiger partial charge on any atom is -0.360 e. The van der Waals surface area contributed by atoms with E-state index in [1.54, 1.807) is 11.3 Å². The van der Waals surface area contributed by atoms with Gasteiger partial charge in [0.05, 0.1) is 12.1 Å². The van der Waals surface area contributed by atoms with Crippen molar-refractivity contribution in [2.75, 3.05) is 0 Å². The van der Waals surface area contributed by atoms with Crippen molar-refractivity contribution >= 4 is 28.7 Å². The third-order valence-corrected chi connectivity index (χ3v) is 3.89. The predicted octanol–water partition coefficient (Wildman–Crippen LogP) is 2.44. The number of nitrogens with one attached hydrogen (secondary N) is 2. The number of hydrogen-bond acceptors (Lipinski definition) is 3. The summed E-state index contributed by atoms with van der Waals surface area (Å²) in [4.78, 5) is 5.25. The number of nitrogens with zero attached hydrogens (tertiary/aromatic N) is 1. The van der Waals surface area contributed by atoms with Gasteiger partial charge in [-0.1, -0.05) is 19.3 Å². The fourth-order valence-electron chi connectivity index (χ4n) is 1.98. The van der Waals surface area contributed by atoms with Crippen molar-refractivity contribution in [3.8, 4) is 0 Å². The van der Waals surface area contributed by atoms with Gasteiger partial charge in [0, 0.05) is 17.1 Å². The van der Waals surface area contributed by atoms with Gasteiger partial charge in [-0.25, -0.2) is 0 Å². The number of thiocarbonyl (C=S) groups is 1. The zero-order valence-corrected chi connectivity index (χ0v) is 10.9. The molecule has 1 aromatic rings. The first kappa shape index (κ1) is 11.8. The van der Waals surface area contributed by atoms with Crippen molar-refractivity contribution in [3.63, 3.8) is 0 Å². The van der Waals surface area contributed by atoms with E-state index in [2.05, 4.69) is 15.6 Å². The highest BCUT2D eigenvalue weighted by Crippen LogP contribution is 2.17. The Hall–Kier alpha value is -0.680. The molecule has 1 aliphatic rings. The molecular weight excluding hydrogens is 238 g/mol. The molecule has 1 saturated carbocycles. The summed E-state index contributed by atoms with van der Waals surface area (Å²) in [6.07, 6.45) is 8.41. The third kappa shape index (κ3) is 3.72. The molecule has 3 nitrogen and oxygen atoms in total. The largest absolute Gasteiger partial charge is 0.360 e. The molecule has 16 heavy (non-hydrogen) atoms. The molecule has 0 amide bonds. The Bertz CT molecular complexity index is 318. The monoisotopic (exact) mass is 255 g/mol. The number of hydrogen-bond donors (Lipinski definition) is 2. The van der Waals surface area contributed by atoms with Crippen molar-refractivity contribution in [2.45, 2.75) is 44.7 Å². The molecule has 2 rings (SSSR count). The van der Waals surface area contributed by atoms with Crippen LogP contribution in [0.3, 0.4) is 0 Å². The summed E-state index contributed by atoms with van der Waals surface area (Å²) in [5, 5.41) is 7.39. The van der Waals surface area contributed by atoms with Crippen molar-refractivity contribution in [1.29, 1.82) is 0 Å². The lowest BCUT2D eigenvalue weighted by Crippen LogP contribution is -2.42. The van der Waals surface area contributed by atoms with Gasteiger partial charge in [0.1, 0.15) is 0 Å².